The molecule has 1 saturated heterocycles. The fraction of sp³-hybridized carbons (Fsp3) is 0.400. The van der Waals surface area contributed by atoms with Gasteiger partial charge in [-0.1, -0.05) is 12.1 Å². The van der Waals surface area contributed by atoms with E-state index in [0.717, 1.165) is 0 Å². The number of ether oxygens (including phenoxy) is 2. The quantitative estimate of drug-likeness (QED) is 0.520. The monoisotopic (exact) mass is 466 g/mol. The van der Waals surface area contributed by atoms with Gasteiger partial charge in [-0.15, -0.1) is 0 Å². The number of alkyl halides is 2. The molecule has 2 fully saturated rings. The first-order valence-electron chi connectivity index (χ1n) is 11.3. The summed E-state index contributed by atoms with van der Waals surface area (Å²) in [5.41, 5.74) is 1.28. The summed E-state index contributed by atoms with van der Waals surface area (Å²) in [5, 5.41) is 9.20. The second-order valence-corrected chi connectivity index (χ2v) is 8.91. The van der Waals surface area contributed by atoms with E-state index in [0.29, 0.717) is 34.6 Å². The van der Waals surface area contributed by atoms with Crippen LogP contribution in [0.3, 0.4) is 0 Å². The van der Waals surface area contributed by atoms with Gasteiger partial charge in [0.05, 0.1) is 47.8 Å². The smallest absolute Gasteiger partial charge is 0.415 e. The Kier molecular flexibility index (Phi) is 5.39. The van der Waals surface area contributed by atoms with E-state index in [2.05, 4.69) is 11.1 Å². The summed E-state index contributed by atoms with van der Waals surface area (Å²) >= 11 is 0. The molecule has 2 aromatic carbocycles. The number of para-hydroxylation sites is 2. The number of hydrogen-bond donors (Lipinski definition) is 0. The predicted octanol–water partition coefficient (Wildman–Crippen LogP) is 5.14. The van der Waals surface area contributed by atoms with Crippen LogP contribution in [0.15, 0.2) is 48.8 Å². The maximum Gasteiger partial charge on any atom is 0.415 e. The van der Waals surface area contributed by atoms with Crippen LogP contribution in [0.4, 0.5) is 19.3 Å². The second kappa shape index (κ2) is 8.28. The van der Waals surface area contributed by atoms with Crippen molar-refractivity contribution in [3.05, 3.63) is 54.4 Å². The van der Waals surface area contributed by atoms with Gasteiger partial charge in [0.15, 0.2) is 0 Å². The third-order valence-electron chi connectivity index (χ3n) is 6.72. The Bertz CT molecular complexity index is 1280. The van der Waals surface area contributed by atoms with Gasteiger partial charge in [-0.3, -0.25) is 4.90 Å². The van der Waals surface area contributed by atoms with E-state index in [9.17, 15) is 10.1 Å². The fourth-order valence-electron chi connectivity index (χ4n) is 5.01. The number of nitrogens with zero attached hydrogens (tertiary/aromatic N) is 4. The SMILES string of the molecule is CCOc1ccccc1N1C[C@@]2(CCC(F)(F)[C@H](Cn3cnc4ccc(C#N)cc43)C2)OC1=O. The van der Waals surface area contributed by atoms with Gasteiger partial charge in [-0.05, 0) is 50.1 Å². The highest BCUT2D eigenvalue weighted by atomic mass is 19.3. The molecule has 2 atom stereocenters. The third kappa shape index (κ3) is 3.83. The lowest BCUT2D eigenvalue weighted by Crippen LogP contribution is -2.48. The van der Waals surface area contributed by atoms with Crippen LogP contribution in [0.2, 0.25) is 0 Å². The van der Waals surface area contributed by atoms with E-state index in [1.54, 1.807) is 41.0 Å². The van der Waals surface area contributed by atoms with Crippen LogP contribution < -0.4 is 9.64 Å². The van der Waals surface area contributed by atoms with Crippen LogP contribution in [0.5, 0.6) is 5.75 Å². The topological polar surface area (TPSA) is 80.4 Å². The van der Waals surface area contributed by atoms with Crippen LogP contribution in [-0.2, 0) is 11.3 Å². The van der Waals surface area contributed by atoms with E-state index in [1.165, 1.54) is 11.2 Å². The summed E-state index contributed by atoms with van der Waals surface area (Å²) < 4.78 is 43.2. The fourth-order valence-corrected chi connectivity index (χ4v) is 5.01. The van der Waals surface area contributed by atoms with Gasteiger partial charge in [0.25, 0.3) is 5.92 Å². The molecule has 9 heteroatoms. The summed E-state index contributed by atoms with van der Waals surface area (Å²) in [4.78, 5) is 18.6. The van der Waals surface area contributed by atoms with Crippen molar-refractivity contribution in [3.8, 4) is 11.8 Å². The van der Waals surface area contributed by atoms with Crippen molar-refractivity contribution >= 4 is 22.8 Å². The second-order valence-electron chi connectivity index (χ2n) is 8.91. The Morgan fingerprint density at radius 3 is 2.88 bits per heavy atom. The van der Waals surface area contributed by atoms with Crippen molar-refractivity contribution in [2.45, 2.75) is 44.3 Å². The minimum Gasteiger partial charge on any atom is -0.492 e. The molecular weight excluding hydrogens is 442 g/mol. The Labute approximate surface area is 195 Å². The number of amides is 1. The van der Waals surface area contributed by atoms with Gasteiger partial charge in [0.2, 0.25) is 0 Å². The van der Waals surface area contributed by atoms with Crippen LogP contribution in [0, 0.1) is 17.2 Å². The highest BCUT2D eigenvalue weighted by Gasteiger charge is 2.56. The highest BCUT2D eigenvalue weighted by Crippen LogP contribution is 2.49. The molecule has 0 N–H and O–H groups in total. The molecule has 1 aromatic heterocycles. The summed E-state index contributed by atoms with van der Waals surface area (Å²) in [7, 11) is 0. The number of imidazole rings is 1. The van der Waals surface area contributed by atoms with Gasteiger partial charge in [0, 0.05) is 18.9 Å². The van der Waals surface area contributed by atoms with Crippen LogP contribution in [0.25, 0.3) is 11.0 Å². The normalized spacial score (nSPS) is 23.8. The van der Waals surface area contributed by atoms with Crippen molar-refractivity contribution in [2.75, 3.05) is 18.1 Å². The number of hydrogen-bond acceptors (Lipinski definition) is 5. The highest BCUT2D eigenvalue weighted by molar-refractivity contribution is 5.92. The lowest BCUT2D eigenvalue weighted by atomic mass is 9.75. The molecule has 2 aliphatic rings. The van der Waals surface area contributed by atoms with Crippen molar-refractivity contribution in [2.24, 2.45) is 5.92 Å². The lowest BCUT2D eigenvalue weighted by molar-refractivity contribution is -0.139. The summed E-state index contributed by atoms with van der Waals surface area (Å²) in [6.07, 6.45) is 0.703. The van der Waals surface area contributed by atoms with Crippen LogP contribution >= 0.6 is 0 Å². The first-order valence-corrected chi connectivity index (χ1v) is 11.3. The van der Waals surface area contributed by atoms with Gasteiger partial charge in [-0.25, -0.2) is 18.6 Å². The number of rotatable bonds is 5. The number of aromatic nitrogens is 2. The maximum absolute atomic E-state index is 15.1. The predicted molar refractivity (Wildman–Crippen MR) is 121 cm³/mol. The van der Waals surface area contributed by atoms with E-state index >= 15 is 8.78 Å². The van der Waals surface area contributed by atoms with E-state index in [-0.39, 0.29) is 32.4 Å². The standard InChI is InChI=1S/C25H24F2N4O3/c1-2-33-22-6-4-3-5-20(22)31-15-24(34-23(31)32)9-10-25(26,27)18(12-24)14-30-16-29-19-8-7-17(13-28)11-21(19)30/h3-8,11,16,18H,2,9-10,12,14-15H2,1H3/t18-,24-/m0/s1. The molecule has 0 bridgehead atoms. The van der Waals surface area contributed by atoms with Crippen molar-refractivity contribution < 1.29 is 23.0 Å². The zero-order chi connectivity index (χ0) is 23.9. The molecule has 1 aliphatic carbocycles. The summed E-state index contributed by atoms with van der Waals surface area (Å²) in [6.45, 7) is 2.48. The van der Waals surface area contributed by atoms with Crippen LogP contribution in [-0.4, -0.2) is 40.3 Å². The summed E-state index contributed by atoms with van der Waals surface area (Å²) in [5.74, 6) is -3.42. The van der Waals surface area contributed by atoms with Crippen molar-refractivity contribution in [1.29, 1.82) is 5.26 Å². The molecule has 0 radical (unpaired) electrons. The number of benzene rings is 2. The molecule has 1 saturated carbocycles. The number of anilines is 1. The molecule has 34 heavy (non-hydrogen) atoms. The first-order chi connectivity index (χ1) is 16.3. The average Bonchev–Trinajstić information content (AvgIpc) is 3.37. The zero-order valence-corrected chi connectivity index (χ0v) is 18.7. The molecule has 3 aromatic rings. The molecule has 7 nitrogen and oxygen atoms in total. The Morgan fingerprint density at radius 2 is 2.09 bits per heavy atom. The van der Waals surface area contributed by atoms with Gasteiger partial charge in [-0.2, -0.15) is 5.26 Å². The maximum atomic E-state index is 15.1. The van der Waals surface area contributed by atoms with Crippen molar-refractivity contribution in [3.63, 3.8) is 0 Å². The molecule has 2 heterocycles. The molecule has 5 rings (SSSR count). The molecule has 1 spiro atoms. The first kappa shape index (κ1) is 22.1. The molecule has 0 unspecified atom stereocenters. The lowest BCUT2D eigenvalue weighted by Gasteiger charge is -2.41. The minimum absolute atomic E-state index is 0.00716. The zero-order valence-electron chi connectivity index (χ0n) is 18.7. The molecule has 1 aliphatic heterocycles. The largest absolute Gasteiger partial charge is 0.492 e. The Hall–Kier alpha value is -3.67. The average molecular weight is 466 g/mol. The minimum atomic E-state index is -2.92. The number of halogens is 2. The van der Waals surface area contributed by atoms with E-state index < -0.39 is 23.5 Å². The number of carbonyl (C=O) groups is 1. The van der Waals surface area contributed by atoms with Crippen LogP contribution in [0.1, 0.15) is 31.7 Å². The Morgan fingerprint density at radius 1 is 1.26 bits per heavy atom. The molecule has 176 valence electrons. The summed E-state index contributed by atoms with van der Waals surface area (Å²) in [6, 6.07) is 14.2. The Balaban J connectivity index is 1.41. The number of carbonyl (C=O) groups excluding carboxylic acids is 1. The van der Waals surface area contributed by atoms with Gasteiger partial charge < -0.3 is 14.0 Å². The molecule has 1 amide bonds. The number of fused-ring (bicyclic) bond motifs is 1. The van der Waals surface area contributed by atoms with Gasteiger partial charge >= 0.3 is 6.09 Å². The van der Waals surface area contributed by atoms with E-state index in [4.69, 9.17) is 9.47 Å². The van der Waals surface area contributed by atoms with E-state index in [1.807, 2.05) is 13.0 Å². The number of nitriles is 1. The molecular formula is C25H24F2N4O3. The third-order valence-corrected chi connectivity index (χ3v) is 6.72. The van der Waals surface area contributed by atoms with Gasteiger partial charge in [0.1, 0.15) is 11.4 Å². The van der Waals surface area contributed by atoms with Crippen molar-refractivity contribution in [1.82, 2.24) is 9.55 Å².